The third kappa shape index (κ3) is 6.45. The number of carbonyl (C=O) groups excluding carboxylic acids is 3. The first-order valence-corrected chi connectivity index (χ1v) is 12.1. The largest absolute Gasteiger partial charge is 0.352 e. The van der Waals surface area contributed by atoms with Crippen molar-refractivity contribution in [2.45, 2.75) is 39.5 Å². The van der Waals surface area contributed by atoms with Gasteiger partial charge < -0.3 is 10.2 Å². The Hall–Kier alpha value is -3.26. The van der Waals surface area contributed by atoms with E-state index in [1.807, 2.05) is 49.1 Å². The Kier molecular flexibility index (Phi) is 8.98. The summed E-state index contributed by atoms with van der Waals surface area (Å²) in [5.41, 5.74) is 2.22. The molecule has 2 atom stereocenters. The number of hydroxylamine groups is 1. The van der Waals surface area contributed by atoms with E-state index in [1.165, 1.54) is 24.3 Å². The van der Waals surface area contributed by atoms with Gasteiger partial charge in [-0.1, -0.05) is 44.2 Å². The fourth-order valence-electron chi connectivity index (χ4n) is 5.13. The number of nitrogens with one attached hydrogen (secondary N) is 2. The van der Waals surface area contributed by atoms with Crippen LogP contribution in [0.1, 0.15) is 49.0 Å². The molecule has 2 unspecified atom stereocenters. The predicted molar refractivity (Wildman–Crippen MR) is 130 cm³/mol. The molecule has 188 valence electrons. The van der Waals surface area contributed by atoms with Crippen molar-refractivity contribution in [1.82, 2.24) is 15.7 Å². The number of carbonyl (C=O) groups is 3. The Morgan fingerprint density at radius 1 is 1.11 bits per heavy atom. The van der Waals surface area contributed by atoms with Crippen LogP contribution in [0.5, 0.6) is 0 Å². The molecule has 1 aliphatic rings. The molecule has 0 spiro atoms. The lowest BCUT2D eigenvalue weighted by Gasteiger charge is -2.36. The molecule has 0 saturated carbocycles. The number of halogens is 1. The molecule has 1 saturated heterocycles. The number of nitrogens with zero attached hydrogens (tertiary/aromatic N) is 1. The Labute approximate surface area is 205 Å². The monoisotopic (exact) mass is 483 g/mol. The van der Waals surface area contributed by atoms with Crippen molar-refractivity contribution in [1.29, 1.82) is 0 Å². The summed E-state index contributed by atoms with van der Waals surface area (Å²) in [5, 5.41) is 12.2. The Morgan fingerprint density at radius 3 is 2.43 bits per heavy atom. The van der Waals surface area contributed by atoms with Gasteiger partial charge in [0.2, 0.25) is 11.8 Å². The van der Waals surface area contributed by atoms with Crippen LogP contribution >= 0.6 is 0 Å². The number of rotatable bonds is 11. The lowest BCUT2D eigenvalue weighted by Crippen LogP contribution is -2.48. The molecule has 7 nitrogen and oxygen atoms in total. The van der Waals surface area contributed by atoms with Crippen molar-refractivity contribution in [3.8, 4) is 0 Å². The van der Waals surface area contributed by atoms with E-state index in [4.69, 9.17) is 0 Å². The first-order valence-electron chi connectivity index (χ1n) is 12.1. The molecule has 3 rings (SSSR count). The van der Waals surface area contributed by atoms with Crippen LogP contribution in [-0.4, -0.2) is 47.5 Å². The standard InChI is InChI=1S/C27H34FN3O4/c1-19(2)18-27(14-17-31(26(27)34)16-13-20-6-4-3-5-7-20)23(25(33)30-35)12-15-29-24(32)21-8-10-22(28)11-9-21/h3-11,19,23,35H,12-18H2,1-2H3,(H,29,32)(H,30,33). The molecule has 0 bridgehead atoms. The minimum absolute atomic E-state index is 0.0828. The molecule has 35 heavy (non-hydrogen) atoms. The number of hydrogen-bond acceptors (Lipinski definition) is 4. The molecular weight excluding hydrogens is 449 g/mol. The minimum Gasteiger partial charge on any atom is -0.352 e. The van der Waals surface area contributed by atoms with Gasteiger partial charge in [0.25, 0.3) is 5.91 Å². The second kappa shape index (κ2) is 11.9. The number of amides is 3. The van der Waals surface area contributed by atoms with Gasteiger partial charge in [-0.25, -0.2) is 9.87 Å². The average molecular weight is 484 g/mol. The summed E-state index contributed by atoms with van der Waals surface area (Å²) in [5.74, 6) is -2.20. The predicted octanol–water partition coefficient (Wildman–Crippen LogP) is 3.57. The van der Waals surface area contributed by atoms with Crippen LogP contribution in [0.4, 0.5) is 4.39 Å². The van der Waals surface area contributed by atoms with Gasteiger partial charge in [-0.3, -0.25) is 19.6 Å². The first kappa shape index (κ1) is 26.3. The SMILES string of the molecule is CC(C)CC1(C(CCNC(=O)c2ccc(F)cc2)C(=O)NO)CCN(CCc2ccccc2)C1=O. The van der Waals surface area contributed by atoms with Crippen LogP contribution in [0.15, 0.2) is 54.6 Å². The fourth-order valence-corrected chi connectivity index (χ4v) is 5.13. The lowest BCUT2D eigenvalue weighted by molar-refractivity contribution is -0.149. The van der Waals surface area contributed by atoms with Crippen LogP contribution < -0.4 is 10.8 Å². The molecule has 3 N–H and O–H groups in total. The molecule has 0 aliphatic carbocycles. The van der Waals surface area contributed by atoms with Gasteiger partial charge in [-0.05, 0) is 61.4 Å². The van der Waals surface area contributed by atoms with Crippen LogP contribution in [0, 0.1) is 23.1 Å². The molecule has 2 aromatic rings. The third-order valence-electron chi connectivity index (χ3n) is 6.75. The van der Waals surface area contributed by atoms with Gasteiger partial charge in [-0.15, -0.1) is 0 Å². The minimum atomic E-state index is -0.960. The van der Waals surface area contributed by atoms with Gasteiger partial charge in [0.1, 0.15) is 5.82 Å². The highest BCUT2D eigenvalue weighted by Crippen LogP contribution is 2.46. The maximum absolute atomic E-state index is 13.7. The molecule has 3 amide bonds. The van der Waals surface area contributed by atoms with Crippen LogP contribution in [-0.2, 0) is 16.0 Å². The Morgan fingerprint density at radius 2 is 1.80 bits per heavy atom. The second-order valence-electron chi connectivity index (χ2n) is 9.61. The van der Waals surface area contributed by atoms with Crippen LogP contribution in [0.2, 0.25) is 0 Å². The van der Waals surface area contributed by atoms with Gasteiger partial charge >= 0.3 is 0 Å². The molecule has 1 aliphatic heterocycles. The van der Waals surface area contributed by atoms with E-state index < -0.39 is 29.0 Å². The van der Waals surface area contributed by atoms with E-state index in [2.05, 4.69) is 5.32 Å². The van der Waals surface area contributed by atoms with Crippen molar-refractivity contribution in [2.75, 3.05) is 19.6 Å². The van der Waals surface area contributed by atoms with Crippen molar-refractivity contribution >= 4 is 17.7 Å². The Balaban J connectivity index is 1.73. The maximum Gasteiger partial charge on any atom is 0.251 e. The highest BCUT2D eigenvalue weighted by Gasteiger charge is 2.54. The van der Waals surface area contributed by atoms with Gasteiger partial charge in [0, 0.05) is 25.2 Å². The van der Waals surface area contributed by atoms with E-state index in [1.54, 1.807) is 5.48 Å². The smallest absolute Gasteiger partial charge is 0.251 e. The van der Waals surface area contributed by atoms with Gasteiger partial charge in [0.05, 0.1) is 11.3 Å². The summed E-state index contributed by atoms with van der Waals surface area (Å²) < 4.78 is 13.1. The van der Waals surface area contributed by atoms with Gasteiger partial charge in [-0.2, -0.15) is 0 Å². The van der Waals surface area contributed by atoms with E-state index in [0.29, 0.717) is 31.5 Å². The summed E-state index contributed by atoms with van der Waals surface area (Å²) in [7, 11) is 0. The number of benzene rings is 2. The zero-order chi connectivity index (χ0) is 25.4. The zero-order valence-electron chi connectivity index (χ0n) is 20.3. The summed E-state index contributed by atoms with van der Waals surface area (Å²) in [6.07, 6.45) is 1.90. The molecule has 0 radical (unpaired) electrons. The molecule has 2 aromatic carbocycles. The molecule has 8 heteroatoms. The van der Waals surface area contributed by atoms with Gasteiger partial charge in [0.15, 0.2) is 0 Å². The quantitative estimate of drug-likeness (QED) is 0.336. The topological polar surface area (TPSA) is 98.7 Å². The first-order chi connectivity index (χ1) is 16.8. The van der Waals surface area contributed by atoms with Crippen molar-refractivity contribution in [2.24, 2.45) is 17.3 Å². The lowest BCUT2D eigenvalue weighted by atomic mass is 9.67. The average Bonchev–Trinajstić information content (AvgIpc) is 3.16. The van der Waals surface area contributed by atoms with Crippen molar-refractivity contribution in [3.63, 3.8) is 0 Å². The molecule has 0 aromatic heterocycles. The molecule has 1 heterocycles. The highest BCUT2D eigenvalue weighted by molar-refractivity contribution is 5.94. The summed E-state index contributed by atoms with van der Waals surface area (Å²) in [4.78, 5) is 40.8. The highest BCUT2D eigenvalue weighted by atomic mass is 19.1. The summed E-state index contributed by atoms with van der Waals surface area (Å²) in [6, 6.07) is 15.1. The van der Waals surface area contributed by atoms with Crippen molar-refractivity contribution < 1.29 is 24.0 Å². The molecule has 1 fully saturated rings. The van der Waals surface area contributed by atoms with E-state index in [-0.39, 0.29) is 24.8 Å². The normalized spacial score (nSPS) is 18.5. The van der Waals surface area contributed by atoms with E-state index in [9.17, 15) is 24.0 Å². The number of hydrogen-bond donors (Lipinski definition) is 3. The summed E-state index contributed by atoms with van der Waals surface area (Å²) in [6.45, 7) is 5.23. The van der Waals surface area contributed by atoms with Crippen LogP contribution in [0.3, 0.4) is 0 Å². The fraction of sp³-hybridized carbons (Fsp3) is 0.444. The van der Waals surface area contributed by atoms with E-state index >= 15 is 0 Å². The third-order valence-corrected chi connectivity index (χ3v) is 6.75. The number of likely N-dealkylation sites (tertiary alicyclic amines) is 1. The summed E-state index contributed by atoms with van der Waals surface area (Å²) >= 11 is 0. The maximum atomic E-state index is 13.7. The zero-order valence-corrected chi connectivity index (χ0v) is 20.3. The second-order valence-corrected chi connectivity index (χ2v) is 9.61. The molecular formula is C27H34FN3O4. The van der Waals surface area contributed by atoms with Crippen LogP contribution in [0.25, 0.3) is 0 Å². The van der Waals surface area contributed by atoms with E-state index in [0.717, 1.165) is 12.0 Å². The Bertz CT molecular complexity index is 1010. The van der Waals surface area contributed by atoms with Crippen molar-refractivity contribution in [3.05, 3.63) is 71.5 Å².